The molecule has 0 saturated carbocycles. The summed E-state index contributed by atoms with van der Waals surface area (Å²) in [6.45, 7) is 6.65. The lowest BCUT2D eigenvalue weighted by Crippen LogP contribution is -2.33. The van der Waals surface area contributed by atoms with Crippen LogP contribution in [0.3, 0.4) is 0 Å². The van der Waals surface area contributed by atoms with Crippen LogP contribution in [0.4, 0.5) is 10.5 Å². The van der Waals surface area contributed by atoms with Gasteiger partial charge in [0.2, 0.25) is 0 Å². The van der Waals surface area contributed by atoms with Crippen molar-refractivity contribution >= 4 is 22.7 Å². The van der Waals surface area contributed by atoms with E-state index >= 15 is 0 Å². The molecule has 2 N–H and O–H groups in total. The molecule has 10 nitrogen and oxygen atoms in total. The molecule has 10 heteroatoms. The molecule has 0 radical (unpaired) electrons. The van der Waals surface area contributed by atoms with Crippen molar-refractivity contribution in [3.8, 4) is 23.0 Å². The van der Waals surface area contributed by atoms with Crippen molar-refractivity contribution in [1.29, 1.82) is 0 Å². The maximum absolute atomic E-state index is 11.9. The molecule has 1 heterocycles. The number of benzene rings is 3. The van der Waals surface area contributed by atoms with Gasteiger partial charge in [-0.3, -0.25) is 10.1 Å². The van der Waals surface area contributed by atoms with Crippen molar-refractivity contribution in [2.75, 3.05) is 19.8 Å². The molecule has 204 valence electrons. The largest absolute Gasteiger partial charge is 0.490 e. The van der Waals surface area contributed by atoms with E-state index in [1.165, 1.54) is 12.1 Å². The fourth-order valence-electron chi connectivity index (χ4n) is 3.76. The standard InChI is InChI=1S/C29H31N3O7/c1-29(2,3)39-28(33)30-15-14-20-19-31-27-13-12-25(18-26(20)27)37-17-16-36-22-8-10-24(11-9-22)38-23-6-4-21(5-7-23)32(34)35/h4-13,18-19,31H,14-17H2,1-3H3,(H,30,33). The Morgan fingerprint density at radius 1 is 0.897 bits per heavy atom. The lowest BCUT2D eigenvalue weighted by Gasteiger charge is -2.19. The Hall–Kier alpha value is -4.73. The van der Waals surface area contributed by atoms with E-state index < -0.39 is 16.6 Å². The van der Waals surface area contributed by atoms with Gasteiger partial charge in [0.05, 0.1) is 4.92 Å². The number of aromatic amines is 1. The first kappa shape index (κ1) is 27.3. The van der Waals surface area contributed by atoms with E-state index in [1.807, 2.05) is 45.2 Å². The molecule has 0 aliphatic heterocycles. The first-order valence-electron chi connectivity index (χ1n) is 12.5. The SMILES string of the molecule is CC(C)(C)OC(=O)NCCc1c[nH]c2ccc(OCCOc3ccc(Oc4ccc([N+](=O)[O-])cc4)cc3)cc12. The second kappa shape index (κ2) is 12.2. The van der Waals surface area contributed by atoms with Gasteiger partial charge in [-0.15, -0.1) is 0 Å². The number of nitro benzene ring substituents is 1. The maximum atomic E-state index is 11.9. The van der Waals surface area contributed by atoms with Crippen LogP contribution in [-0.2, 0) is 11.2 Å². The smallest absolute Gasteiger partial charge is 0.407 e. The van der Waals surface area contributed by atoms with Crippen molar-refractivity contribution < 1.29 is 28.7 Å². The molecule has 0 aliphatic carbocycles. The van der Waals surface area contributed by atoms with Gasteiger partial charge in [0.15, 0.2) is 0 Å². The minimum absolute atomic E-state index is 0.00868. The average Bonchev–Trinajstić information content (AvgIpc) is 3.29. The van der Waals surface area contributed by atoms with Gasteiger partial charge in [0.1, 0.15) is 41.8 Å². The van der Waals surface area contributed by atoms with Crippen LogP contribution in [0.2, 0.25) is 0 Å². The number of ether oxygens (including phenoxy) is 4. The van der Waals surface area contributed by atoms with E-state index in [-0.39, 0.29) is 5.69 Å². The van der Waals surface area contributed by atoms with Crippen LogP contribution < -0.4 is 19.5 Å². The Morgan fingerprint density at radius 2 is 1.49 bits per heavy atom. The van der Waals surface area contributed by atoms with E-state index in [1.54, 1.807) is 36.4 Å². The Balaban J connectivity index is 1.22. The second-order valence-electron chi connectivity index (χ2n) is 9.72. The first-order chi connectivity index (χ1) is 18.7. The number of rotatable bonds is 11. The zero-order chi connectivity index (χ0) is 27.8. The molecule has 3 aromatic carbocycles. The number of alkyl carbamates (subject to hydrolysis) is 1. The molecule has 4 aromatic rings. The highest BCUT2D eigenvalue weighted by atomic mass is 16.6. The van der Waals surface area contributed by atoms with Gasteiger partial charge in [-0.25, -0.2) is 4.79 Å². The van der Waals surface area contributed by atoms with Crippen LogP contribution in [-0.4, -0.2) is 41.4 Å². The molecular weight excluding hydrogens is 502 g/mol. The summed E-state index contributed by atoms with van der Waals surface area (Å²) >= 11 is 0. The quantitative estimate of drug-likeness (QED) is 0.130. The molecule has 0 atom stereocenters. The van der Waals surface area contributed by atoms with Crippen LogP contribution in [0.25, 0.3) is 10.9 Å². The van der Waals surface area contributed by atoms with E-state index in [9.17, 15) is 14.9 Å². The van der Waals surface area contributed by atoms with Crippen LogP contribution in [0.15, 0.2) is 72.9 Å². The number of aromatic nitrogens is 1. The summed E-state index contributed by atoms with van der Waals surface area (Å²) in [5.41, 5.74) is 1.53. The number of hydrogen-bond donors (Lipinski definition) is 2. The summed E-state index contributed by atoms with van der Waals surface area (Å²) in [7, 11) is 0. The van der Waals surface area contributed by atoms with Gasteiger partial charge in [0, 0.05) is 35.8 Å². The molecule has 0 unspecified atom stereocenters. The third-order valence-electron chi connectivity index (χ3n) is 5.53. The Morgan fingerprint density at radius 3 is 2.13 bits per heavy atom. The molecule has 4 rings (SSSR count). The number of H-pyrrole nitrogens is 1. The number of carbonyl (C=O) groups excluding carboxylic acids is 1. The van der Waals surface area contributed by atoms with Gasteiger partial charge in [-0.2, -0.15) is 0 Å². The Bertz CT molecular complexity index is 1410. The van der Waals surface area contributed by atoms with E-state index in [0.717, 1.165) is 22.2 Å². The summed E-state index contributed by atoms with van der Waals surface area (Å²) in [6, 6.07) is 18.8. The third kappa shape index (κ3) is 8.13. The number of nitrogens with one attached hydrogen (secondary N) is 2. The van der Waals surface area contributed by atoms with Crippen LogP contribution in [0.5, 0.6) is 23.0 Å². The number of hydrogen-bond acceptors (Lipinski definition) is 7. The molecule has 0 fully saturated rings. The van der Waals surface area contributed by atoms with Crippen molar-refractivity contribution in [3.05, 3.63) is 88.6 Å². The van der Waals surface area contributed by atoms with Crippen molar-refractivity contribution in [1.82, 2.24) is 10.3 Å². The van der Waals surface area contributed by atoms with Gasteiger partial charge >= 0.3 is 6.09 Å². The van der Waals surface area contributed by atoms with E-state index in [0.29, 0.717) is 43.4 Å². The summed E-state index contributed by atoms with van der Waals surface area (Å²) in [5, 5.41) is 14.6. The number of fused-ring (bicyclic) bond motifs is 1. The monoisotopic (exact) mass is 533 g/mol. The van der Waals surface area contributed by atoms with Crippen LogP contribution >= 0.6 is 0 Å². The lowest BCUT2D eigenvalue weighted by molar-refractivity contribution is -0.384. The molecule has 0 saturated heterocycles. The summed E-state index contributed by atoms with van der Waals surface area (Å²) in [4.78, 5) is 25.4. The predicted octanol–water partition coefficient (Wildman–Crippen LogP) is 6.39. The van der Waals surface area contributed by atoms with Gasteiger partial charge in [-0.05, 0) is 87.4 Å². The zero-order valence-corrected chi connectivity index (χ0v) is 22.1. The zero-order valence-electron chi connectivity index (χ0n) is 22.1. The minimum atomic E-state index is -0.532. The molecular formula is C29H31N3O7. The van der Waals surface area contributed by atoms with Crippen molar-refractivity contribution in [2.24, 2.45) is 0 Å². The molecule has 0 aliphatic rings. The molecule has 0 spiro atoms. The molecule has 1 amide bonds. The van der Waals surface area contributed by atoms with Gasteiger partial charge < -0.3 is 29.2 Å². The maximum Gasteiger partial charge on any atom is 0.407 e. The highest BCUT2D eigenvalue weighted by molar-refractivity contribution is 5.84. The average molecular weight is 534 g/mol. The Kier molecular flexibility index (Phi) is 8.55. The Labute approximate surface area is 226 Å². The van der Waals surface area contributed by atoms with E-state index in [4.69, 9.17) is 18.9 Å². The van der Waals surface area contributed by atoms with Gasteiger partial charge in [-0.1, -0.05) is 0 Å². The van der Waals surface area contributed by atoms with Crippen molar-refractivity contribution in [2.45, 2.75) is 32.8 Å². The molecule has 1 aromatic heterocycles. The number of nitro groups is 1. The van der Waals surface area contributed by atoms with Crippen LogP contribution in [0, 0.1) is 10.1 Å². The fourth-order valence-corrected chi connectivity index (χ4v) is 3.76. The minimum Gasteiger partial charge on any atom is -0.490 e. The topological polar surface area (TPSA) is 125 Å². The highest BCUT2D eigenvalue weighted by Crippen LogP contribution is 2.26. The van der Waals surface area contributed by atoms with Gasteiger partial charge in [0.25, 0.3) is 5.69 Å². The second-order valence-corrected chi connectivity index (χ2v) is 9.72. The number of non-ortho nitro benzene ring substituents is 1. The fraction of sp³-hybridized carbons (Fsp3) is 0.276. The first-order valence-corrected chi connectivity index (χ1v) is 12.5. The van der Waals surface area contributed by atoms with Crippen LogP contribution in [0.1, 0.15) is 26.3 Å². The predicted molar refractivity (Wildman–Crippen MR) is 147 cm³/mol. The molecule has 0 bridgehead atoms. The van der Waals surface area contributed by atoms with Crippen molar-refractivity contribution in [3.63, 3.8) is 0 Å². The highest BCUT2D eigenvalue weighted by Gasteiger charge is 2.16. The molecule has 39 heavy (non-hydrogen) atoms. The summed E-state index contributed by atoms with van der Waals surface area (Å²) < 4.78 is 22.6. The van der Waals surface area contributed by atoms with E-state index in [2.05, 4.69) is 10.3 Å². The lowest BCUT2D eigenvalue weighted by atomic mass is 10.1. The number of carbonyl (C=O) groups is 1. The summed E-state index contributed by atoms with van der Waals surface area (Å²) in [6.07, 6.45) is 2.15. The number of amides is 1. The summed E-state index contributed by atoms with van der Waals surface area (Å²) in [5.74, 6) is 2.48. The normalized spacial score (nSPS) is 11.2. The third-order valence-corrected chi connectivity index (χ3v) is 5.53. The number of nitrogens with zero attached hydrogens (tertiary/aromatic N) is 1.